The van der Waals surface area contributed by atoms with Gasteiger partial charge < -0.3 is 25.4 Å². The number of rotatable bonds is 11. The number of aliphatic hydroxyl groups excluding tert-OH is 2. The maximum Gasteiger partial charge on any atom is 0.250 e. The fourth-order valence-corrected chi connectivity index (χ4v) is 6.82. The molecule has 0 spiro atoms. The number of aryl methyl sites for hydroxylation is 1. The molecule has 5 rings (SSSR count). The lowest BCUT2D eigenvalue weighted by Crippen LogP contribution is -2.62. The second-order valence-electron chi connectivity index (χ2n) is 14.2. The second kappa shape index (κ2) is 14.9. The third-order valence-corrected chi connectivity index (χ3v) is 9.13. The first kappa shape index (κ1) is 34.5. The van der Waals surface area contributed by atoms with Crippen LogP contribution >= 0.6 is 0 Å². The average molecular weight is 644 g/mol. The standard InChI is InChI=1S/C37H49N5O5/c1-37(2,3)39-36(47)31-24-41(22-26-14-15-33(45)40(4)21-26)16-17-42(31)23-29(43)19-28(18-25-10-6-5-7-11-25)35(46)38-34-30-13-9-8-12-27(30)20-32(34)44/h5-15,21,28-29,31-32,34,43-44H,16-20,22-24H2,1-4H3,(H,38,46)(H,39,47)/t28-,29+,31+,32-,34?/m1/s1. The molecule has 1 unspecified atom stereocenters. The number of carbonyl (C=O) groups is 2. The van der Waals surface area contributed by atoms with Crippen molar-refractivity contribution in [2.24, 2.45) is 13.0 Å². The molecule has 0 radical (unpaired) electrons. The van der Waals surface area contributed by atoms with E-state index in [1.807, 2.05) is 92.5 Å². The lowest BCUT2D eigenvalue weighted by atomic mass is 9.91. The van der Waals surface area contributed by atoms with E-state index >= 15 is 0 Å². The predicted octanol–water partition coefficient (Wildman–Crippen LogP) is 2.17. The Bertz CT molecular complexity index is 1590. The zero-order chi connectivity index (χ0) is 33.7. The highest BCUT2D eigenvalue weighted by Crippen LogP contribution is 2.32. The summed E-state index contributed by atoms with van der Waals surface area (Å²) in [6, 6.07) is 19.9. The third-order valence-electron chi connectivity index (χ3n) is 9.13. The molecule has 1 fully saturated rings. The van der Waals surface area contributed by atoms with Gasteiger partial charge in [0.25, 0.3) is 0 Å². The fourth-order valence-electron chi connectivity index (χ4n) is 6.82. The van der Waals surface area contributed by atoms with Gasteiger partial charge in [-0.25, -0.2) is 0 Å². The van der Waals surface area contributed by atoms with Crippen molar-refractivity contribution in [3.8, 4) is 0 Å². The Morgan fingerprint density at radius 2 is 1.70 bits per heavy atom. The molecule has 1 saturated heterocycles. The predicted molar refractivity (Wildman–Crippen MR) is 182 cm³/mol. The Labute approximate surface area is 277 Å². The van der Waals surface area contributed by atoms with Crippen molar-refractivity contribution in [3.63, 3.8) is 0 Å². The number of aliphatic hydroxyl groups is 2. The summed E-state index contributed by atoms with van der Waals surface area (Å²) in [6.45, 7) is 8.38. The second-order valence-corrected chi connectivity index (χ2v) is 14.2. The van der Waals surface area contributed by atoms with Crippen molar-refractivity contribution in [1.29, 1.82) is 0 Å². The van der Waals surface area contributed by atoms with Crippen molar-refractivity contribution >= 4 is 11.8 Å². The first-order valence-corrected chi connectivity index (χ1v) is 16.6. The average Bonchev–Trinajstić information content (AvgIpc) is 3.33. The number of benzene rings is 2. The van der Waals surface area contributed by atoms with E-state index in [-0.39, 0.29) is 30.3 Å². The van der Waals surface area contributed by atoms with Crippen LogP contribution in [0.3, 0.4) is 0 Å². The number of fused-ring (bicyclic) bond motifs is 1. The van der Waals surface area contributed by atoms with E-state index in [1.54, 1.807) is 17.7 Å². The first-order chi connectivity index (χ1) is 22.4. The molecular formula is C37H49N5O5. The van der Waals surface area contributed by atoms with E-state index in [2.05, 4.69) is 15.5 Å². The number of nitrogens with zero attached hydrogens (tertiary/aromatic N) is 3. The molecule has 0 bridgehead atoms. The van der Waals surface area contributed by atoms with Gasteiger partial charge in [-0.2, -0.15) is 0 Å². The molecule has 0 saturated carbocycles. The van der Waals surface area contributed by atoms with Gasteiger partial charge in [0.15, 0.2) is 0 Å². The number of β-amino-alcohol motifs (C(OH)–C–C–N with tert-alkyl or cyclic N) is 1. The smallest absolute Gasteiger partial charge is 0.250 e. The largest absolute Gasteiger partial charge is 0.392 e. The van der Waals surface area contributed by atoms with E-state index in [4.69, 9.17) is 0 Å². The Morgan fingerprint density at radius 3 is 2.43 bits per heavy atom. The van der Waals surface area contributed by atoms with Crippen molar-refractivity contribution in [2.75, 3.05) is 26.2 Å². The minimum atomic E-state index is -0.865. The summed E-state index contributed by atoms with van der Waals surface area (Å²) in [5.74, 6) is -0.861. The number of hydrogen-bond donors (Lipinski definition) is 4. The molecular weight excluding hydrogens is 594 g/mol. The molecule has 2 amide bonds. The minimum absolute atomic E-state index is 0.0709. The summed E-state index contributed by atoms with van der Waals surface area (Å²) in [5, 5.41) is 28.5. The van der Waals surface area contributed by atoms with Crippen molar-refractivity contribution < 1.29 is 19.8 Å². The number of hydrogen-bond acceptors (Lipinski definition) is 7. The molecule has 1 aliphatic heterocycles. The molecule has 4 N–H and O–H groups in total. The molecule has 252 valence electrons. The highest BCUT2D eigenvalue weighted by Gasteiger charge is 2.37. The SMILES string of the molecule is Cn1cc(CN2CCN(C[C@@H](O)C[C@@H](Cc3ccccc3)C(=O)NC3c4ccccc4C[C@H]3O)[C@H](C(=O)NC(C)(C)C)C2)ccc1=O. The van der Waals surface area contributed by atoms with E-state index in [9.17, 15) is 24.6 Å². The number of carbonyl (C=O) groups excluding carboxylic acids is 2. The molecule has 47 heavy (non-hydrogen) atoms. The summed E-state index contributed by atoms with van der Waals surface area (Å²) in [5.41, 5.74) is 3.43. The minimum Gasteiger partial charge on any atom is -0.392 e. The summed E-state index contributed by atoms with van der Waals surface area (Å²) in [7, 11) is 1.73. The van der Waals surface area contributed by atoms with E-state index < -0.39 is 35.7 Å². The van der Waals surface area contributed by atoms with Crippen LogP contribution in [0.1, 0.15) is 55.5 Å². The zero-order valence-corrected chi connectivity index (χ0v) is 27.9. The molecule has 1 aliphatic carbocycles. The van der Waals surface area contributed by atoms with Gasteiger partial charge in [0.2, 0.25) is 17.4 Å². The van der Waals surface area contributed by atoms with Gasteiger partial charge in [-0.1, -0.05) is 60.7 Å². The normalized spacial score (nSPS) is 21.5. The number of nitrogens with one attached hydrogen (secondary N) is 2. The summed E-state index contributed by atoms with van der Waals surface area (Å²) < 4.78 is 1.56. The number of piperazine rings is 1. The summed E-state index contributed by atoms with van der Waals surface area (Å²) in [6.07, 6.45) is 1.38. The van der Waals surface area contributed by atoms with Crippen molar-refractivity contribution in [3.05, 3.63) is 106 Å². The lowest BCUT2D eigenvalue weighted by Gasteiger charge is -2.42. The third kappa shape index (κ3) is 9.16. The quantitative estimate of drug-likeness (QED) is 0.252. The summed E-state index contributed by atoms with van der Waals surface area (Å²) in [4.78, 5) is 43.6. The van der Waals surface area contributed by atoms with E-state index in [0.717, 1.165) is 22.3 Å². The topological polar surface area (TPSA) is 127 Å². The first-order valence-electron chi connectivity index (χ1n) is 16.6. The van der Waals surface area contributed by atoms with Crippen molar-refractivity contribution in [1.82, 2.24) is 25.0 Å². The number of pyridine rings is 1. The monoisotopic (exact) mass is 643 g/mol. The van der Waals surface area contributed by atoms with Crippen LogP contribution in [-0.4, -0.2) is 86.4 Å². The Morgan fingerprint density at radius 1 is 0.979 bits per heavy atom. The van der Waals surface area contributed by atoms with Gasteiger partial charge in [0.05, 0.1) is 18.2 Å². The molecule has 3 aromatic rings. The molecule has 10 heteroatoms. The van der Waals surface area contributed by atoms with Gasteiger partial charge in [-0.3, -0.25) is 24.2 Å². The van der Waals surface area contributed by atoms with Crippen LogP contribution in [0.4, 0.5) is 0 Å². The highest BCUT2D eigenvalue weighted by atomic mass is 16.3. The lowest BCUT2D eigenvalue weighted by molar-refractivity contribution is -0.132. The van der Waals surface area contributed by atoms with Crippen LogP contribution < -0.4 is 16.2 Å². The van der Waals surface area contributed by atoms with Crippen LogP contribution in [0.25, 0.3) is 0 Å². The zero-order valence-electron chi connectivity index (χ0n) is 27.9. The molecule has 2 aromatic carbocycles. The maximum atomic E-state index is 13.8. The van der Waals surface area contributed by atoms with Crippen LogP contribution in [0, 0.1) is 5.92 Å². The van der Waals surface area contributed by atoms with Gasteiger partial charge in [0, 0.05) is 69.9 Å². The molecule has 2 heterocycles. The van der Waals surface area contributed by atoms with Crippen LogP contribution in [-0.2, 0) is 36.0 Å². The highest BCUT2D eigenvalue weighted by molar-refractivity contribution is 5.83. The van der Waals surface area contributed by atoms with Gasteiger partial charge in [0.1, 0.15) is 6.04 Å². The van der Waals surface area contributed by atoms with Crippen molar-refractivity contribution in [2.45, 2.75) is 76.4 Å². The molecule has 5 atom stereocenters. The Hall–Kier alpha value is -3.83. The van der Waals surface area contributed by atoms with Crippen LogP contribution in [0.5, 0.6) is 0 Å². The summed E-state index contributed by atoms with van der Waals surface area (Å²) >= 11 is 0. The van der Waals surface area contributed by atoms with Gasteiger partial charge in [-0.05, 0) is 55.9 Å². The number of amides is 2. The Kier molecular flexibility index (Phi) is 11.0. The Balaban J connectivity index is 1.29. The van der Waals surface area contributed by atoms with E-state index in [1.165, 1.54) is 0 Å². The maximum absolute atomic E-state index is 13.8. The van der Waals surface area contributed by atoms with Crippen LogP contribution in [0.2, 0.25) is 0 Å². The molecule has 1 aromatic heterocycles. The fraction of sp³-hybridized carbons (Fsp3) is 0.486. The van der Waals surface area contributed by atoms with Crippen LogP contribution in [0.15, 0.2) is 77.7 Å². The number of aromatic nitrogens is 1. The molecule has 10 nitrogen and oxygen atoms in total. The van der Waals surface area contributed by atoms with Gasteiger partial charge >= 0.3 is 0 Å². The van der Waals surface area contributed by atoms with E-state index in [0.29, 0.717) is 39.0 Å². The molecule has 2 aliphatic rings. The van der Waals surface area contributed by atoms with Gasteiger partial charge in [-0.15, -0.1) is 0 Å².